The minimum absolute atomic E-state index is 0.0584. The van der Waals surface area contributed by atoms with Gasteiger partial charge in [-0.1, -0.05) is 36.8 Å². The molecule has 2 unspecified atom stereocenters. The Balaban J connectivity index is 1.95. The predicted molar refractivity (Wildman–Crippen MR) is 80.4 cm³/mol. The zero-order valence-electron chi connectivity index (χ0n) is 12.7. The summed E-state index contributed by atoms with van der Waals surface area (Å²) in [6, 6.07) is 9.80. The van der Waals surface area contributed by atoms with Crippen LogP contribution in [0.5, 0.6) is 0 Å². The molecular weight excluding hydrogens is 234 g/mol. The molecule has 2 rings (SSSR count). The summed E-state index contributed by atoms with van der Waals surface area (Å²) in [7, 11) is 0. The standard InChI is InChI=1S/C17H27NO/c1-5-17(4)12-16(10-11-19-17)18-14(3)15-8-6-13(2)7-9-15/h6-9,14,16,18H,5,10-12H2,1-4H3/t14-,16?,17?/m1/s1. The molecule has 2 nitrogen and oxygen atoms in total. The van der Waals surface area contributed by atoms with Gasteiger partial charge >= 0.3 is 0 Å². The monoisotopic (exact) mass is 261 g/mol. The van der Waals surface area contributed by atoms with Gasteiger partial charge in [-0.15, -0.1) is 0 Å². The van der Waals surface area contributed by atoms with Crippen LogP contribution in [0.1, 0.15) is 57.2 Å². The lowest BCUT2D eigenvalue weighted by atomic mass is 9.89. The van der Waals surface area contributed by atoms with Crippen LogP contribution in [0, 0.1) is 6.92 Å². The van der Waals surface area contributed by atoms with E-state index >= 15 is 0 Å². The molecule has 1 aromatic carbocycles. The van der Waals surface area contributed by atoms with Crippen molar-refractivity contribution < 1.29 is 4.74 Å². The van der Waals surface area contributed by atoms with Gasteiger partial charge in [-0.2, -0.15) is 0 Å². The number of hydrogen-bond donors (Lipinski definition) is 1. The summed E-state index contributed by atoms with van der Waals surface area (Å²) in [6.45, 7) is 9.71. The van der Waals surface area contributed by atoms with E-state index in [9.17, 15) is 0 Å². The van der Waals surface area contributed by atoms with Crippen molar-refractivity contribution in [3.05, 3.63) is 35.4 Å². The summed E-state index contributed by atoms with van der Waals surface area (Å²) in [5, 5.41) is 3.76. The maximum atomic E-state index is 5.91. The summed E-state index contributed by atoms with van der Waals surface area (Å²) in [4.78, 5) is 0. The molecule has 1 N–H and O–H groups in total. The Bertz CT molecular complexity index is 400. The highest BCUT2D eigenvalue weighted by atomic mass is 16.5. The number of ether oxygens (including phenoxy) is 1. The molecule has 1 aliphatic heterocycles. The summed E-state index contributed by atoms with van der Waals surface area (Å²) in [5.41, 5.74) is 2.75. The van der Waals surface area contributed by atoms with E-state index in [0.29, 0.717) is 12.1 Å². The molecule has 1 fully saturated rings. The van der Waals surface area contributed by atoms with Crippen molar-refractivity contribution >= 4 is 0 Å². The largest absolute Gasteiger partial charge is 0.375 e. The van der Waals surface area contributed by atoms with Crippen LogP contribution in [-0.2, 0) is 4.74 Å². The lowest BCUT2D eigenvalue weighted by molar-refractivity contribution is -0.0789. The number of rotatable bonds is 4. The topological polar surface area (TPSA) is 21.3 Å². The summed E-state index contributed by atoms with van der Waals surface area (Å²) >= 11 is 0. The minimum Gasteiger partial charge on any atom is -0.375 e. The Hall–Kier alpha value is -0.860. The van der Waals surface area contributed by atoms with Gasteiger partial charge < -0.3 is 10.1 Å². The average Bonchev–Trinajstić information content (AvgIpc) is 2.39. The van der Waals surface area contributed by atoms with E-state index in [1.54, 1.807) is 0 Å². The Morgan fingerprint density at radius 1 is 1.37 bits per heavy atom. The first-order valence-corrected chi connectivity index (χ1v) is 7.49. The third kappa shape index (κ3) is 3.80. The van der Waals surface area contributed by atoms with E-state index in [1.165, 1.54) is 11.1 Å². The zero-order valence-corrected chi connectivity index (χ0v) is 12.7. The van der Waals surface area contributed by atoms with Gasteiger partial charge in [0.1, 0.15) is 0 Å². The lowest BCUT2D eigenvalue weighted by Crippen LogP contribution is -2.45. The van der Waals surface area contributed by atoms with Gasteiger partial charge in [-0.3, -0.25) is 0 Å². The summed E-state index contributed by atoms with van der Waals surface area (Å²) in [6.07, 6.45) is 3.32. The van der Waals surface area contributed by atoms with Crippen LogP contribution in [0.4, 0.5) is 0 Å². The fraction of sp³-hybridized carbons (Fsp3) is 0.647. The van der Waals surface area contributed by atoms with Crippen molar-refractivity contribution in [1.29, 1.82) is 0 Å². The van der Waals surface area contributed by atoms with E-state index in [-0.39, 0.29) is 5.60 Å². The van der Waals surface area contributed by atoms with Crippen molar-refractivity contribution in [3.8, 4) is 0 Å². The third-order valence-corrected chi connectivity index (χ3v) is 4.41. The van der Waals surface area contributed by atoms with E-state index in [2.05, 4.69) is 57.3 Å². The highest BCUT2D eigenvalue weighted by Crippen LogP contribution is 2.29. The van der Waals surface area contributed by atoms with E-state index in [1.807, 2.05) is 0 Å². The maximum absolute atomic E-state index is 5.91. The number of hydrogen-bond acceptors (Lipinski definition) is 2. The number of aryl methyl sites for hydroxylation is 1. The molecule has 1 heterocycles. The molecule has 1 saturated heterocycles. The average molecular weight is 261 g/mol. The SMILES string of the molecule is CCC1(C)CC(N[C@H](C)c2ccc(C)cc2)CCO1. The molecular formula is C17H27NO. The quantitative estimate of drug-likeness (QED) is 0.884. The molecule has 106 valence electrons. The van der Waals surface area contributed by atoms with Gasteiger partial charge in [0.05, 0.1) is 5.60 Å². The van der Waals surface area contributed by atoms with Crippen LogP contribution < -0.4 is 5.32 Å². The van der Waals surface area contributed by atoms with Gasteiger partial charge in [0.25, 0.3) is 0 Å². The van der Waals surface area contributed by atoms with Crippen molar-refractivity contribution in [1.82, 2.24) is 5.32 Å². The smallest absolute Gasteiger partial charge is 0.0666 e. The highest BCUT2D eigenvalue weighted by molar-refractivity contribution is 5.23. The van der Waals surface area contributed by atoms with Crippen molar-refractivity contribution in [3.63, 3.8) is 0 Å². The van der Waals surface area contributed by atoms with E-state index < -0.39 is 0 Å². The summed E-state index contributed by atoms with van der Waals surface area (Å²) < 4.78 is 5.91. The molecule has 0 radical (unpaired) electrons. The molecule has 0 bridgehead atoms. The Labute approximate surface area is 117 Å². The van der Waals surface area contributed by atoms with Crippen LogP contribution in [0.25, 0.3) is 0 Å². The van der Waals surface area contributed by atoms with Gasteiger partial charge in [0.15, 0.2) is 0 Å². The maximum Gasteiger partial charge on any atom is 0.0666 e. The second kappa shape index (κ2) is 6.06. The zero-order chi connectivity index (χ0) is 13.9. The fourth-order valence-corrected chi connectivity index (χ4v) is 2.82. The molecule has 0 aliphatic carbocycles. The van der Waals surface area contributed by atoms with Crippen molar-refractivity contribution in [2.75, 3.05) is 6.61 Å². The van der Waals surface area contributed by atoms with Gasteiger partial charge in [-0.25, -0.2) is 0 Å². The predicted octanol–water partition coefficient (Wildman–Crippen LogP) is 3.99. The molecule has 1 aromatic rings. The first kappa shape index (κ1) is 14.5. The number of nitrogens with one attached hydrogen (secondary N) is 1. The van der Waals surface area contributed by atoms with Crippen LogP contribution in [0.2, 0.25) is 0 Å². The Morgan fingerprint density at radius 3 is 2.68 bits per heavy atom. The Morgan fingerprint density at radius 2 is 2.05 bits per heavy atom. The highest BCUT2D eigenvalue weighted by Gasteiger charge is 2.32. The normalized spacial score (nSPS) is 29.2. The molecule has 0 spiro atoms. The molecule has 0 amide bonds. The van der Waals surface area contributed by atoms with Crippen molar-refractivity contribution in [2.24, 2.45) is 0 Å². The number of benzene rings is 1. The summed E-state index contributed by atoms with van der Waals surface area (Å²) in [5.74, 6) is 0. The van der Waals surface area contributed by atoms with Gasteiger partial charge in [0, 0.05) is 18.7 Å². The second-order valence-electron chi connectivity index (χ2n) is 6.14. The van der Waals surface area contributed by atoms with Crippen LogP contribution in [0.15, 0.2) is 24.3 Å². The van der Waals surface area contributed by atoms with Gasteiger partial charge in [-0.05, 0) is 45.6 Å². The molecule has 3 atom stereocenters. The minimum atomic E-state index is 0.0584. The van der Waals surface area contributed by atoms with Crippen LogP contribution >= 0.6 is 0 Å². The molecule has 1 aliphatic rings. The van der Waals surface area contributed by atoms with E-state index in [0.717, 1.165) is 25.9 Å². The first-order chi connectivity index (χ1) is 9.02. The molecule has 0 aromatic heterocycles. The molecule has 0 saturated carbocycles. The van der Waals surface area contributed by atoms with Crippen molar-refractivity contribution in [2.45, 2.75) is 64.6 Å². The molecule has 19 heavy (non-hydrogen) atoms. The van der Waals surface area contributed by atoms with E-state index in [4.69, 9.17) is 4.74 Å². The van der Waals surface area contributed by atoms with Crippen LogP contribution in [0.3, 0.4) is 0 Å². The van der Waals surface area contributed by atoms with Gasteiger partial charge in [0.2, 0.25) is 0 Å². The third-order valence-electron chi connectivity index (χ3n) is 4.41. The van der Waals surface area contributed by atoms with Crippen LogP contribution in [-0.4, -0.2) is 18.2 Å². The first-order valence-electron chi connectivity index (χ1n) is 7.49. The lowest BCUT2D eigenvalue weighted by Gasteiger charge is -2.39. The molecule has 2 heteroatoms. The second-order valence-corrected chi connectivity index (χ2v) is 6.14. The fourth-order valence-electron chi connectivity index (χ4n) is 2.82. The Kier molecular flexibility index (Phi) is 4.64.